The van der Waals surface area contributed by atoms with Crippen LogP contribution in [0.15, 0.2) is 28.4 Å². The molecule has 0 radical (unpaired) electrons. The summed E-state index contributed by atoms with van der Waals surface area (Å²) in [7, 11) is 0. The number of carboxylic acid groups (broad SMARTS) is 1. The minimum atomic E-state index is -4.76. The summed E-state index contributed by atoms with van der Waals surface area (Å²) in [6, 6.07) is 2.47. The largest absolute Gasteiger partial charge is 0.481 e. The number of aliphatic carboxylic acids is 1. The highest BCUT2D eigenvalue weighted by Crippen LogP contribution is 2.32. The van der Waals surface area contributed by atoms with Gasteiger partial charge in [0.1, 0.15) is 11.1 Å². The van der Waals surface area contributed by atoms with E-state index in [9.17, 15) is 27.2 Å². The molecule has 2 rings (SSSR count). The van der Waals surface area contributed by atoms with Gasteiger partial charge in [-0.3, -0.25) is 9.59 Å². The number of carboxylic acids is 1. The Labute approximate surface area is 136 Å². The van der Waals surface area contributed by atoms with Crippen molar-refractivity contribution in [3.05, 3.63) is 35.1 Å². The summed E-state index contributed by atoms with van der Waals surface area (Å²) < 4.78 is 52.0. The molecular formula is C13H9F4N3O3S. The zero-order valence-electron chi connectivity index (χ0n) is 11.7. The van der Waals surface area contributed by atoms with Crippen molar-refractivity contribution in [2.45, 2.75) is 17.8 Å². The van der Waals surface area contributed by atoms with Gasteiger partial charge in [0.25, 0.3) is 0 Å². The van der Waals surface area contributed by atoms with Gasteiger partial charge in [-0.1, -0.05) is 17.8 Å². The molecule has 11 heteroatoms. The van der Waals surface area contributed by atoms with Crippen molar-refractivity contribution in [3.63, 3.8) is 0 Å². The number of nitrogens with one attached hydrogen (secondary N) is 1. The smallest absolute Gasteiger partial charge is 0.417 e. The summed E-state index contributed by atoms with van der Waals surface area (Å²) in [5.74, 6) is -2.91. The van der Waals surface area contributed by atoms with Gasteiger partial charge in [0, 0.05) is 5.56 Å². The monoisotopic (exact) mass is 363 g/mol. The molecule has 1 fully saturated rings. The van der Waals surface area contributed by atoms with Gasteiger partial charge >= 0.3 is 12.1 Å². The number of benzene rings is 1. The van der Waals surface area contributed by atoms with E-state index in [4.69, 9.17) is 5.11 Å². The number of carbonyl (C=O) groups is 2. The van der Waals surface area contributed by atoms with Gasteiger partial charge in [-0.2, -0.15) is 18.3 Å². The van der Waals surface area contributed by atoms with E-state index in [-0.39, 0.29) is 5.17 Å². The van der Waals surface area contributed by atoms with Crippen LogP contribution in [0.4, 0.5) is 17.6 Å². The number of halogens is 4. The summed E-state index contributed by atoms with van der Waals surface area (Å²) in [4.78, 5) is 22.0. The summed E-state index contributed by atoms with van der Waals surface area (Å²) in [6.07, 6.45) is -4.62. The Hall–Kier alpha value is -2.43. The third-order valence-electron chi connectivity index (χ3n) is 2.83. The first-order chi connectivity index (χ1) is 11.2. The fourth-order valence-corrected chi connectivity index (χ4v) is 2.71. The first-order valence-corrected chi connectivity index (χ1v) is 7.22. The average Bonchev–Trinajstić information content (AvgIpc) is 2.79. The maximum absolute atomic E-state index is 13.6. The summed E-state index contributed by atoms with van der Waals surface area (Å²) in [5, 5.41) is 16.7. The van der Waals surface area contributed by atoms with E-state index in [1.807, 2.05) is 0 Å². The summed E-state index contributed by atoms with van der Waals surface area (Å²) in [5.41, 5.74) is -2.00. The van der Waals surface area contributed by atoms with Gasteiger partial charge in [-0.15, -0.1) is 5.10 Å². The number of alkyl halides is 3. The third kappa shape index (κ3) is 4.31. The van der Waals surface area contributed by atoms with E-state index in [0.717, 1.165) is 23.9 Å². The Morgan fingerprint density at radius 2 is 2.12 bits per heavy atom. The Morgan fingerprint density at radius 1 is 1.42 bits per heavy atom. The SMILES string of the molecule is O=C(O)CC1SC(=NN=Cc2c(F)cccc2C(F)(F)F)NC1=O. The second-order valence-corrected chi connectivity index (χ2v) is 5.73. The molecule has 1 aromatic carbocycles. The predicted molar refractivity (Wildman–Crippen MR) is 78.2 cm³/mol. The fourth-order valence-electron chi connectivity index (χ4n) is 1.80. The van der Waals surface area contributed by atoms with E-state index in [1.54, 1.807) is 0 Å². The molecule has 1 aliphatic rings. The Balaban J connectivity index is 2.18. The Bertz CT molecular complexity index is 734. The van der Waals surface area contributed by atoms with Gasteiger partial charge < -0.3 is 10.4 Å². The van der Waals surface area contributed by atoms with Crippen molar-refractivity contribution in [1.82, 2.24) is 5.32 Å². The lowest BCUT2D eigenvalue weighted by molar-refractivity contribution is -0.138. The quantitative estimate of drug-likeness (QED) is 0.488. The maximum Gasteiger partial charge on any atom is 0.417 e. The molecule has 1 heterocycles. The van der Waals surface area contributed by atoms with E-state index in [0.29, 0.717) is 12.3 Å². The molecule has 1 unspecified atom stereocenters. The van der Waals surface area contributed by atoms with Crippen LogP contribution in [0.2, 0.25) is 0 Å². The molecular weight excluding hydrogens is 354 g/mol. The second kappa shape index (κ2) is 6.99. The number of hydrogen-bond acceptors (Lipinski definition) is 5. The average molecular weight is 363 g/mol. The minimum absolute atomic E-state index is 0.0765. The molecule has 0 aliphatic carbocycles. The Morgan fingerprint density at radius 3 is 2.75 bits per heavy atom. The number of carbonyl (C=O) groups excluding carboxylic acids is 1. The highest BCUT2D eigenvalue weighted by Gasteiger charge is 2.34. The number of hydrogen-bond donors (Lipinski definition) is 2. The van der Waals surface area contributed by atoms with Gasteiger partial charge in [-0.25, -0.2) is 4.39 Å². The lowest BCUT2D eigenvalue weighted by Gasteiger charge is -2.09. The number of amides is 1. The maximum atomic E-state index is 13.6. The summed E-state index contributed by atoms with van der Waals surface area (Å²) >= 11 is 0.775. The molecule has 0 spiro atoms. The minimum Gasteiger partial charge on any atom is -0.481 e. The van der Waals surface area contributed by atoms with Crippen LogP contribution in [0.3, 0.4) is 0 Å². The first-order valence-electron chi connectivity index (χ1n) is 6.34. The van der Waals surface area contributed by atoms with Crippen molar-refractivity contribution >= 4 is 35.0 Å². The van der Waals surface area contributed by atoms with Crippen LogP contribution < -0.4 is 5.32 Å². The van der Waals surface area contributed by atoms with E-state index < -0.39 is 46.7 Å². The van der Waals surface area contributed by atoms with Gasteiger partial charge in [0.15, 0.2) is 5.17 Å². The standard InChI is InChI=1S/C13H9F4N3O3S/c14-8-3-1-2-7(13(15,16)17)6(8)5-18-20-12-19-11(23)9(24-12)4-10(21)22/h1-3,5,9H,4H2,(H,21,22)(H,19,20,23). The Kier molecular flexibility index (Phi) is 5.22. The van der Waals surface area contributed by atoms with Crippen molar-refractivity contribution in [1.29, 1.82) is 0 Å². The molecule has 1 aromatic rings. The van der Waals surface area contributed by atoms with Crippen LogP contribution >= 0.6 is 11.8 Å². The molecule has 0 saturated carbocycles. The van der Waals surface area contributed by atoms with Crippen molar-refractivity contribution < 1.29 is 32.3 Å². The van der Waals surface area contributed by atoms with Crippen LogP contribution in [0, 0.1) is 5.82 Å². The molecule has 1 aliphatic heterocycles. The molecule has 0 bridgehead atoms. The fraction of sp³-hybridized carbons (Fsp3) is 0.231. The van der Waals surface area contributed by atoms with Gasteiger partial charge in [0.05, 0.1) is 18.2 Å². The topological polar surface area (TPSA) is 91.1 Å². The third-order valence-corrected chi connectivity index (χ3v) is 3.90. The van der Waals surface area contributed by atoms with Crippen molar-refractivity contribution in [3.8, 4) is 0 Å². The molecule has 6 nitrogen and oxygen atoms in total. The number of thioether (sulfide) groups is 1. The van der Waals surface area contributed by atoms with E-state index in [1.165, 1.54) is 0 Å². The lowest BCUT2D eigenvalue weighted by Crippen LogP contribution is -2.26. The number of nitrogens with zero attached hydrogens (tertiary/aromatic N) is 2. The zero-order valence-corrected chi connectivity index (χ0v) is 12.5. The highest BCUT2D eigenvalue weighted by atomic mass is 32.2. The van der Waals surface area contributed by atoms with Crippen LogP contribution in [0.5, 0.6) is 0 Å². The molecule has 0 aromatic heterocycles. The number of amidine groups is 1. The highest BCUT2D eigenvalue weighted by molar-refractivity contribution is 8.15. The molecule has 24 heavy (non-hydrogen) atoms. The summed E-state index contributed by atoms with van der Waals surface area (Å²) in [6.45, 7) is 0. The van der Waals surface area contributed by atoms with E-state index in [2.05, 4.69) is 15.5 Å². The van der Waals surface area contributed by atoms with Crippen LogP contribution in [0.1, 0.15) is 17.5 Å². The molecule has 2 N–H and O–H groups in total. The van der Waals surface area contributed by atoms with Crippen LogP contribution in [0.25, 0.3) is 0 Å². The van der Waals surface area contributed by atoms with Crippen molar-refractivity contribution in [2.75, 3.05) is 0 Å². The van der Waals surface area contributed by atoms with Crippen LogP contribution in [-0.2, 0) is 15.8 Å². The van der Waals surface area contributed by atoms with Gasteiger partial charge in [0.2, 0.25) is 5.91 Å². The van der Waals surface area contributed by atoms with Crippen molar-refractivity contribution in [2.24, 2.45) is 10.2 Å². The predicted octanol–water partition coefficient (Wildman–Crippen LogP) is 2.24. The second-order valence-electron chi connectivity index (χ2n) is 4.54. The van der Waals surface area contributed by atoms with Gasteiger partial charge in [-0.05, 0) is 12.1 Å². The lowest BCUT2D eigenvalue weighted by atomic mass is 10.1. The molecule has 1 atom stereocenters. The normalized spacial score (nSPS) is 19.9. The van der Waals surface area contributed by atoms with E-state index >= 15 is 0 Å². The number of rotatable bonds is 4. The molecule has 1 amide bonds. The zero-order chi connectivity index (χ0) is 17.9. The van der Waals surface area contributed by atoms with Crippen LogP contribution in [-0.4, -0.2) is 33.6 Å². The molecule has 128 valence electrons. The first kappa shape index (κ1) is 17.9. The molecule has 1 saturated heterocycles.